The topological polar surface area (TPSA) is 56.1 Å². The Bertz CT molecular complexity index is 596. The summed E-state index contributed by atoms with van der Waals surface area (Å²) in [4.78, 5) is 11.4. The minimum absolute atomic E-state index is 0.0851. The second kappa shape index (κ2) is 6.91. The second-order valence-corrected chi connectivity index (χ2v) is 4.80. The van der Waals surface area contributed by atoms with Crippen LogP contribution in [0.5, 0.6) is 5.88 Å². The number of para-hydroxylation sites is 1. The third-order valence-electron chi connectivity index (χ3n) is 2.44. The van der Waals surface area contributed by atoms with E-state index in [0.29, 0.717) is 16.9 Å². The number of rotatable bonds is 6. The van der Waals surface area contributed by atoms with Crippen molar-refractivity contribution in [3.63, 3.8) is 0 Å². The van der Waals surface area contributed by atoms with E-state index in [4.69, 9.17) is 4.74 Å². The van der Waals surface area contributed by atoms with E-state index in [1.54, 1.807) is 17.0 Å². The molecule has 0 radical (unpaired) electrons. The lowest BCUT2D eigenvalue weighted by atomic mass is 10.3. The maximum absolute atomic E-state index is 11.4. The van der Waals surface area contributed by atoms with Crippen molar-refractivity contribution >= 4 is 21.8 Å². The molecule has 1 amide bonds. The van der Waals surface area contributed by atoms with Crippen LogP contribution < -0.4 is 10.1 Å². The van der Waals surface area contributed by atoms with Crippen molar-refractivity contribution in [2.24, 2.45) is 0 Å². The molecule has 2 rings (SSSR count). The van der Waals surface area contributed by atoms with Gasteiger partial charge < -0.3 is 10.1 Å². The number of nitrogens with zero attached hydrogens (tertiary/aromatic N) is 2. The largest absolute Gasteiger partial charge is 0.466 e. The molecule has 0 fully saturated rings. The predicted octanol–water partition coefficient (Wildman–Crippen LogP) is 2.32. The van der Waals surface area contributed by atoms with Crippen molar-refractivity contribution in [1.82, 2.24) is 15.1 Å². The van der Waals surface area contributed by atoms with Gasteiger partial charge in [-0.2, -0.15) is 0 Å². The van der Waals surface area contributed by atoms with Gasteiger partial charge in [0.25, 0.3) is 5.91 Å². The van der Waals surface area contributed by atoms with Crippen molar-refractivity contribution < 1.29 is 9.53 Å². The Kier molecular flexibility index (Phi) is 4.95. The monoisotopic (exact) mass is 335 g/mol. The van der Waals surface area contributed by atoms with Gasteiger partial charge in [-0.05, 0) is 28.1 Å². The summed E-state index contributed by atoms with van der Waals surface area (Å²) in [5, 5.41) is 6.91. The second-order valence-electron chi connectivity index (χ2n) is 3.94. The summed E-state index contributed by atoms with van der Waals surface area (Å²) in [6.07, 6.45) is 3.39. The fraction of sp³-hybridized carbons (Fsp3) is 0.143. The standard InChI is InChI=1S/C14H14BrN3O2/c1-2-8-16-13(19)10-20-14-12(15)9-18(17-14)11-6-4-3-5-7-11/h2-7,9H,1,8,10H2,(H,16,19). The zero-order chi connectivity index (χ0) is 14.4. The highest BCUT2D eigenvalue weighted by atomic mass is 79.9. The Morgan fingerprint density at radius 1 is 1.45 bits per heavy atom. The third kappa shape index (κ3) is 3.71. The van der Waals surface area contributed by atoms with Gasteiger partial charge in [-0.1, -0.05) is 24.3 Å². The summed E-state index contributed by atoms with van der Waals surface area (Å²) in [5.41, 5.74) is 0.916. The van der Waals surface area contributed by atoms with E-state index in [1.807, 2.05) is 30.3 Å². The molecule has 0 aliphatic carbocycles. The lowest BCUT2D eigenvalue weighted by molar-refractivity contribution is -0.122. The van der Waals surface area contributed by atoms with E-state index in [9.17, 15) is 4.79 Å². The SMILES string of the molecule is C=CCNC(=O)COc1nn(-c2ccccc2)cc1Br. The summed E-state index contributed by atoms with van der Waals surface area (Å²) in [7, 11) is 0. The van der Waals surface area contributed by atoms with Gasteiger partial charge in [-0.3, -0.25) is 4.79 Å². The molecule has 0 spiro atoms. The van der Waals surface area contributed by atoms with Crippen molar-refractivity contribution in [3.8, 4) is 11.6 Å². The van der Waals surface area contributed by atoms with E-state index in [0.717, 1.165) is 5.69 Å². The molecule has 0 bridgehead atoms. The van der Waals surface area contributed by atoms with Crippen LogP contribution in [0.25, 0.3) is 5.69 Å². The molecule has 104 valence electrons. The molecule has 0 unspecified atom stereocenters. The summed E-state index contributed by atoms with van der Waals surface area (Å²) in [6.45, 7) is 3.86. The van der Waals surface area contributed by atoms with Gasteiger partial charge in [0, 0.05) is 12.7 Å². The molecule has 1 aromatic carbocycles. The number of hydrogen-bond acceptors (Lipinski definition) is 3. The van der Waals surface area contributed by atoms with Gasteiger partial charge in [-0.25, -0.2) is 4.68 Å². The summed E-state index contributed by atoms with van der Waals surface area (Å²) in [5.74, 6) is 0.161. The van der Waals surface area contributed by atoms with Gasteiger partial charge in [0.15, 0.2) is 6.61 Å². The first kappa shape index (κ1) is 14.3. The Morgan fingerprint density at radius 2 is 2.20 bits per heavy atom. The zero-order valence-corrected chi connectivity index (χ0v) is 12.3. The minimum Gasteiger partial charge on any atom is -0.466 e. The lowest BCUT2D eigenvalue weighted by Gasteiger charge is -2.03. The van der Waals surface area contributed by atoms with Gasteiger partial charge in [0.05, 0.1) is 10.2 Å². The fourth-order valence-electron chi connectivity index (χ4n) is 1.52. The number of nitrogens with one attached hydrogen (secondary N) is 1. The highest BCUT2D eigenvalue weighted by molar-refractivity contribution is 9.10. The predicted molar refractivity (Wildman–Crippen MR) is 80.0 cm³/mol. The van der Waals surface area contributed by atoms with Crippen LogP contribution in [0.4, 0.5) is 0 Å². The summed E-state index contributed by atoms with van der Waals surface area (Å²) < 4.78 is 7.75. The fourth-order valence-corrected chi connectivity index (χ4v) is 1.91. The van der Waals surface area contributed by atoms with E-state index in [1.165, 1.54) is 0 Å². The van der Waals surface area contributed by atoms with E-state index >= 15 is 0 Å². The number of ether oxygens (including phenoxy) is 1. The Hall–Kier alpha value is -2.08. The molecule has 20 heavy (non-hydrogen) atoms. The highest BCUT2D eigenvalue weighted by Crippen LogP contribution is 2.24. The molecule has 1 aromatic heterocycles. The molecule has 1 N–H and O–H groups in total. The Morgan fingerprint density at radius 3 is 2.90 bits per heavy atom. The number of halogens is 1. The average molecular weight is 336 g/mol. The number of carbonyl (C=O) groups is 1. The van der Waals surface area contributed by atoms with Crippen LogP contribution in [0, 0.1) is 0 Å². The zero-order valence-electron chi connectivity index (χ0n) is 10.8. The lowest BCUT2D eigenvalue weighted by Crippen LogP contribution is -2.28. The van der Waals surface area contributed by atoms with E-state index in [-0.39, 0.29) is 12.5 Å². The smallest absolute Gasteiger partial charge is 0.258 e. The minimum atomic E-state index is -0.217. The first-order chi connectivity index (χ1) is 9.70. The Balaban J connectivity index is 2.01. The number of carbonyl (C=O) groups excluding carboxylic acids is 1. The molecule has 6 heteroatoms. The van der Waals surface area contributed by atoms with Gasteiger partial charge >= 0.3 is 0 Å². The average Bonchev–Trinajstić information content (AvgIpc) is 2.85. The molecular weight excluding hydrogens is 322 g/mol. The normalized spacial score (nSPS) is 10.1. The highest BCUT2D eigenvalue weighted by Gasteiger charge is 2.10. The van der Waals surface area contributed by atoms with E-state index < -0.39 is 0 Å². The van der Waals surface area contributed by atoms with Gasteiger partial charge in [0.1, 0.15) is 0 Å². The summed E-state index contributed by atoms with van der Waals surface area (Å²) in [6, 6.07) is 9.64. The van der Waals surface area contributed by atoms with Crippen molar-refractivity contribution in [3.05, 3.63) is 53.7 Å². The molecule has 1 heterocycles. The summed E-state index contributed by atoms with van der Waals surface area (Å²) >= 11 is 3.36. The van der Waals surface area contributed by atoms with Crippen molar-refractivity contribution in [2.75, 3.05) is 13.2 Å². The number of hydrogen-bond donors (Lipinski definition) is 1. The maximum Gasteiger partial charge on any atom is 0.258 e. The van der Waals surface area contributed by atoms with Crippen LogP contribution in [-0.2, 0) is 4.79 Å². The number of benzene rings is 1. The van der Waals surface area contributed by atoms with Crippen LogP contribution in [-0.4, -0.2) is 28.8 Å². The molecule has 0 aliphatic rings. The molecule has 0 aliphatic heterocycles. The molecule has 0 atom stereocenters. The molecule has 0 saturated heterocycles. The molecular formula is C14H14BrN3O2. The van der Waals surface area contributed by atoms with Crippen LogP contribution >= 0.6 is 15.9 Å². The molecule has 2 aromatic rings. The van der Waals surface area contributed by atoms with Crippen molar-refractivity contribution in [2.45, 2.75) is 0 Å². The first-order valence-corrected chi connectivity index (χ1v) is 6.81. The quantitative estimate of drug-likeness (QED) is 0.824. The van der Waals surface area contributed by atoms with Crippen LogP contribution in [0.1, 0.15) is 0 Å². The number of aromatic nitrogens is 2. The number of amides is 1. The van der Waals surface area contributed by atoms with Crippen LogP contribution in [0.15, 0.2) is 53.7 Å². The molecule has 5 nitrogen and oxygen atoms in total. The van der Waals surface area contributed by atoms with E-state index in [2.05, 4.69) is 32.9 Å². The molecule has 0 saturated carbocycles. The van der Waals surface area contributed by atoms with Gasteiger partial charge in [0.2, 0.25) is 5.88 Å². The third-order valence-corrected chi connectivity index (χ3v) is 2.99. The van der Waals surface area contributed by atoms with Crippen molar-refractivity contribution in [1.29, 1.82) is 0 Å². The van der Waals surface area contributed by atoms with Crippen LogP contribution in [0.2, 0.25) is 0 Å². The first-order valence-electron chi connectivity index (χ1n) is 6.01. The Labute approximate surface area is 125 Å². The maximum atomic E-state index is 11.4. The van der Waals surface area contributed by atoms with Crippen LogP contribution in [0.3, 0.4) is 0 Å². The van der Waals surface area contributed by atoms with Gasteiger partial charge in [-0.15, -0.1) is 11.7 Å².